The highest BCUT2D eigenvalue weighted by Crippen LogP contribution is 2.31. The molecule has 0 spiro atoms. The molecule has 0 saturated carbocycles. The number of carbonyl (C=O) groups is 1. The van der Waals surface area contributed by atoms with Crippen LogP contribution in [0.4, 0.5) is 11.4 Å². The maximum Gasteiger partial charge on any atom is 0.247 e. The Morgan fingerprint density at radius 3 is 2.46 bits per heavy atom. The number of nitrogen functional groups attached to an aromatic ring is 1. The van der Waals surface area contributed by atoms with Crippen LogP contribution in [0.25, 0.3) is 11.5 Å². The number of rotatable bonds is 5. The molecule has 1 heterocycles. The lowest BCUT2D eigenvalue weighted by atomic mass is 10.1. The number of halogens is 2. The van der Waals surface area contributed by atoms with Gasteiger partial charge in [-0.2, -0.15) is 0 Å². The van der Waals surface area contributed by atoms with Crippen LogP contribution in [0.3, 0.4) is 0 Å². The summed E-state index contributed by atoms with van der Waals surface area (Å²) in [5.74, 6) is 0.596. The predicted octanol–water partition coefficient (Wildman–Crippen LogP) is 4.51. The number of anilines is 2. The van der Waals surface area contributed by atoms with Crippen molar-refractivity contribution in [3.8, 4) is 11.5 Å². The maximum absolute atomic E-state index is 12.1. The molecule has 1 amide bonds. The van der Waals surface area contributed by atoms with Crippen LogP contribution in [0, 0.1) is 6.92 Å². The van der Waals surface area contributed by atoms with Crippen LogP contribution in [0.5, 0.6) is 0 Å². The number of aromatic nitrogens is 2. The molecule has 0 aliphatic rings. The number of nitrogens with zero attached hydrogens (tertiary/aromatic N) is 2. The molecule has 0 radical (unpaired) electrons. The third-order valence-corrected chi connectivity index (χ3v) is 4.32. The Hall–Kier alpha value is -2.57. The van der Waals surface area contributed by atoms with Gasteiger partial charge in [-0.3, -0.25) is 4.79 Å². The lowest BCUT2D eigenvalue weighted by molar-refractivity contribution is -0.116. The second kappa shape index (κ2) is 7.76. The smallest absolute Gasteiger partial charge is 0.247 e. The van der Waals surface area contributed by atoms with Crippen molar-refractivity contribution < 1.29 is 9.21 Å². The number of benzene rings is 2. The lowest BCUT2D eigenvalue weighted by Crippen LogP contribution is -2.12. The predicted molar refractivity (Wildman–Crippen MR) is 102 cm³/mol. The molecule has 0 aliphatic heterocycles. The first kappa shape index (κ1) is 18.2. The normalized spacial score (nSPS) is 10.7. The minimum Gasteiger partial charge on any atom is -0.421 e. The van der Waals surface area contributed by atoms with Crippen LogP contribution in [-0.4, -0.2) is 16.1 Å². The zero-order valence-electron chi connectivity index (χ0n) is 13.9. The maximum atomic E-state index is 12.1. The number of amides is 1. The summed E-state index contributed by atoms with van der Waals surface area (Å²) >= 11 is 11.9. The van der Waals surface area contributed by atoms with E-state index in [4.69, 9.17) is 33.4 Å². The standard InChI is InChI=1S/C18H16Cl2N4O2/c1-10-2-4-11(5-3-10)18-24-23-16(26-18)7-6-15(25)22-12-8-13(19)17(21)14(20)9-12/h2-5,8-9H,6-7,21H2,1H3,(H,22,25). The summed E-state index contributed by atoms with van der Waals surface area (Å²) in [6.45, 7) is 2.00. The summed E-state index contributed by atoms with van der Waals surface area (Å²) in [6.07, 6.45) is 0.496. The van der Waals surface area contributed by atoms with Gasteiger partial charge in [0.05, 0.1) is 15.7 Å². The fraction of sp³-hybridized carbons (Fsp3) is 0.167. The number of aryl methyl sites for hydroxylation is 2. The van der Waals surface area contributed by atoms with E-state index in [2.05, 4.69) is 15.5 Å². The average Bonchev–Trinajstić information content (AvgIpc) is 3.07. The zero-order valence-corrected chi connectivity index (χ0v) is 15.4. The highest BCUT2D eigenvalue weighted by molar-refractivity contribution is 6.39. The summed E-state index contributed by atoms with van der Waals surface area (Å²) < 4.78 is 5.60. The molecule has 0 aliphatic carbocycles. The van der Waals surface area contributed by atoms with Gasteiger partial charge >= 0.3 is 0 Å². The molecule has 0 saturated heterocycles. The van der Waals surface area contributed by atoms with E-state index in [1.165, 1.54) is 0 Å². The van der Waals surface area contributed by atoms with Crippen molar-refractivity contribution in [2.45, 2.75) is 19.8 Å². The van der Waals surface area contributed by atoms with Crippen LogP contribution in [0.1, 0.15) is 17.9 Å². The molecule has 6 nitrogen and oxygen atoms in total. The fourth-order valence-corrected chi connectivity index (χ4v) is 2.75. The molecule has 134 valence electrons. The third-order valence-electron chi connectivity index (χ3n) is 3.69. The first-order chi connectivity index (χ1) is 12.4. The Balaban J connectivity index is 1.59. The lowest BCUT2D eigenvalue weighted by Gasteiger charge is -2.08. The van der Waals surface area contributed by atoms with Crippen LogP contribution < -0.4 is 11.1 Å². The van der Waals surface area contributed by atoms with Crippen molar-refractivity contribution in [3.05, 3.63) is 57.9 Å². The minimum absolute atomic E-state index is 0.176. The topological polar surface area (TPSA) is 94.0 Å². The van der Waals surface area contributed by atoms with Crippen molar-refractivity contribution in [1.29, 1.82) is 0 Å². The zero-order chi connectivity index (χ0) is 18.7. The van der Waals surface area contributed by atoms with E-state index in [0.717, 1.165) is 11.1 Å². The van der Waals surface area contributed by atoms with Gasteiger partial charge < -0.3 is 15.5 Å². The molecule has 3 N–H and O–H groups in total. The van der Waals surface area contributed by atoms with Gasteiger partial charge in [0.1, 0.15) is 0 Å². The molecule has 0 bridgehead atoms. The van der Waals surface area contributed by atoms with Gasteiger partial charge in [0, 0.05) is 24.1 Å². The molecule has 3 aromatic rings. The van der Waals surface area contributed by atoms with E-state index in [9.17, 15) is 4.79 Å². The van der Waals surface area contributed by atoms with Crippen molar-refractivity contribution >= 4 is 40.5 Å². The van der Waals surface area contributed by atoms with Crippen LogP contribution in [-0.2, 0) is 11.2 Å². The van der Waals surface area contributed by atoms with Gasteiger partial charge in [-0.25, -0.2) is 0 Å². The first-order valence-electron chi connectivity index (χ1n) is 7.86. The molecule has 2 aromatic carbocycles. The van der Waals surface area contributed by atoms with Crippen LogP contribution >= 0.6 is 23.2 Å². The summed E-state index contributed by atoms with van der Waals surface area (Å²) in [7, 11) is 0. The monoisotopic (exact) mass is 390 g/mol. The number of nitrogens with one attached hydrogen (secondary N) is 1. The SMILES string of the molecule is Cc1ccc(-c2nnc(CCC(=O)Nc3cc(Cl)c(N)c(Cl)c3)o2)cc1. The van der Waals surface area contributed by atoms with Crippen molar-refractivity contribution in [2.24, 2.45) is 0 Å². The Morgan fingerprint density at radius 1 is 1.15 bits per heavy atom. The largest absolute Gasteiger partial charge is 0.421 e. The number of hydrogen-bond acceptors (Lipinski definition) is 5. The Bertz CT molecular complexity index is 916. The molecule has 0 unspecified atom stereocenters. The van der Waals surface area contributed by atoms with Crippen molar-refractivity contribution in [2.75, 3.05) is 11.1 Å². The van der Waals surface area contributed by atoms with E-state index < -0.39 is 0 Å². The first-order valence-corrected chi connectivity index (χ1v) is 8.62. The Kier molecular flexibility index (Phi) is 5.44. The van der Waals surface area contributed by atoms with Gasteiger partial charge in [0.15, 0.2) is 0 Å². The number of nitrogens with two attached hydrogens (primary N) is 1. The Morgan fingerprint density at radius 2 is 1.81 bits per heavy atom. The van der Waals surface area contributed by atoms with Crippen LogP contribution in [0.15, 0.2) is 40.8 Å². The van der Waals surface area contributed by atoms with E-state index in [1.54, 1.807) is 12.1 Å². The highest BCUT2D eigenvalue weighted by atomic mass is 35.5. The Labute approximate surface area is 160 Å². The highest BCUT2D eigenvalue weighted by Gasteiger charge is 2.12. The van der Waals surface area contributed by atoms with Gasteiger partial charge in [-0.15, -0.1) is 10.2 Å². The van der Waals surface area contributed by atoms with E-state index in [-0.39, 0.29) is 28.1 Å². The second-order valence-electron chi connectivity index (χ2n) is 5.77. The van der Waals surface area contributed by atoms with E-state index >= 15 is 0 Å². The molecule has 1 aromatic heterocycles. The molecule has 0 atom stereocenters. The summed E-state index contributed by atoms with van der Waals surface area (Å²) in [5.41, 5.74) is 8.41. The fourth-order valence-electron chi connectivity index (χ4n) is 2.27. The number of carbonyl (C=O) groups excluding carboxylic acids is 1. The molecule has 0 fully saturated rings. The number of hydrogen-bond donors (Lipinski definition) is 2. The minimum atomic E-state index is -0.225. The summed E-state index contributed by atoms with van der Waals surface area (Å²) in [5, 5.41) is 11.3. The summed E-state index contributed by atoms with van der Waals surface area (Å²) in [6, 6.07) is 10.8. The van der Waals surface area contributed by atoms with Crippen LogP contribution in [0.2, 0.25) is 10.0 Å². The van der Waals surface area contributed by atoms with Gasteiger partial charge in [-0.05, 0) is 31.2 Å². The third kappa shape index (κ3) is 4.33. The van der Waals surface area contributed by atoms with Gasteiger partial charge in [0.2, 0.25) is 17.7 Å². The van der Waals surface area contributed by atoms with Crippen molar-refractivity contribution in [3.63, 3.8) is 0 Å². The molecule has 3 rings (SSSR count). The van der Waals surface area contributed by atoms with Gasteiger partial charge in [-0.1, -0.05) is 40.9 Å². The second-order valence-corrected chi connectivity index (χ2v) is 6.58. The average molecular weight is 391 g/mol. The molecule has 8 heteroatoms. The quantitative estimate of drug-likeness (QED) is 0.625. The summed E-state index contributed by atoms with van der Waals surface area (Å²) in [4.78, 5) is 12.1. The van der Waals surface area contributed by atoms with E-state index in [1.807, 2.05) is 31.2 Å². The molecular weight excluding hydrogens is 375 g/mol. The van der Waals surface area contributed by atoms with E-state index in [0.29, 0.717) is 23.9 Å². The van der Waals surface area contributed by atoms with Crippen molar-refractivity contribution in [1.82, 2.24) is 10.2 Å². The van der Waals surface area contributed by atoms with Gasteiger partial charge in [0.25, 0.3) is 0 Å². The molecular formula is C18H16Cl2N4O2. The molecule has 26 heavy (non-hydrogen) atoms.